The van der Waals surface area contributed by atoms with Gasteiger partial charge in [0.1, 0.15) is 6.29 Å². The van der Waals surface area contributed by atoms with Crippen LogP contribution in [0.2, 0.25) is 0 Å². The summed E-state index contributed by atoms with van der Waals surface area (Å²) >= 11 is 3.29. The van der Waals surface area contributed by atoms with Crippen LogP contribution in [-0.4, -0.2) is 18.1 Å². The number of imide groups is 1. The molecule has 0 unspecified atom stereocenters. The molecule has 4 nitrogen and oxygen atoms in total. The van der Waals surface area contributed by atoms with Crippen LogP contribution in [-0.2, 0) is 0 Å². The van der Waals surface area contributed by atoms with E-state index in [1.165, 1.54) is 0 Å². The quantitative estimate of drug-likeness (QED) is 0.628. The smallest absolute Gasteiger partial charge is 0.266 e. The second kappa shape index (κ2) is 4.68. The Balaban J connectivity index is 2.06. The monoisotopic (exact) mass is 329 g/mol. The summed E-state index contributed by atoms with van der Waals surface area (Å²) in [6, 6.07) is 11.3. The number of fused-ring (bicyclic) bond motifs is 1. The molecule has 1 aliphatic heterocycles. The fourth-order valence-corrected chi connectivity index (χ4v) is 2.51. The lowest BCUT2D eigenvalue weighted by molar-refractivity contribution is 0.0925. The summed E-state index contributed by atoms with van der Waals surface area (Å²) in [5.41, 5.74) is 1.72. The minimum Gasteiger partial charge on any atom is -0.298 e. The van der Waals surface area contributed by atoms with Crippen molar-refractivity contribution >= 4 is 39.7 Å². The first-order chi connectivity index (χ1) is 9.61. The normalized spacial score (nSPS) is 13.6. The van der Waals surface area contributed by atoms with Gasteiger partial charge < -0.3 is 0 Å². The number of carbonyl (C=O) groups excluding carboxylic acids is 3. The number of halogens is 1. The average molecular weight is 330 g/mol. The Kier molecular flexibility index (Phi) is 2.99. The molecule has 1 heterocycles. The molecule has 0 radical (unpaired) electrons. The number of rotatable bonds is 2. The van der Waals surface area contributed by atoms with Gasteiger partial charge in [-0.25, -0.2) is 4.90 Å². The molecule has 0 aliphatic carbocycles. The Morgan fingerprint density at radius 3 is 2.20 bits per heavy atom. The van der Waals surface area contributed by atoms with Gasteiger partial charge in [0.25, 0.3) is 11.8 Å². The fraction of sp³-hybridized carbons (Fsp3) is 0. The first-order valence-corrected chi connectivity index (χ1v) is 6.64. The second-order valence-corrected chi connectivity index (χ2v) is 5.26. The van der Waals surface area contributed by atoms with Crippen molar-refractivity contribution in [3.8, 4) is 0 Å². The van der Waals surface area contributed by atoms with Gasteiger partial charge >= 0.3 is 0 Å². The van der Waals surface area contributed by atoms with Gasteiger partial charge in [-0.15, -0.1) is 0 Å². The molecular formula is C15H8BrNO3. The highest BCUT2D eigenvalue weighted by atomic mass is 79.9. The molecule has 0 N–H and O–H groups in total. The molecule has 98 valence electrons. The van der Waals surface area contributed by atoms with Crippen molar-refractivity contribution in [2.24, 2.45) is 0 Å². The number of hydrogen-bond donors (Lipinski definition) is 0. The van der Waals surface area contributed by atoms with E-state index >= 15 is 0 Å². The first-order valence-electron chi connectivity index (χ1n) is 5.85. The minimum atomic E-state index is -0.356. The molecule has 20 heavy (non-hydrogen) atoms. The molecule has 0 saturated heterocycles. The molecule has 0 fully saturated rings. The number of benzene rings is 2. The average Bonchev–Trinajstić information content (AvgIpc) is 2.71. The lowest BCUT2D eigenvalue weighted by Gasteiger charge is -2.13. The maximum absolute atomic E-state index is 12.3. The van der Waals surface area contributed by atoms with Gasteiger partial charge in [0, 0.05) is 10.0 Å². The van der Waals surface area contributed by atoms with Crippen LogP contribution in [0.25, 0.3) is 0 Å². The number of nitrogens with zero attached hydrogens (tertiary/aromatic N) is 1. The lowest BCUT2D eigenvalue weighted by Crippen LogP contribution is -2.29. The third kappa shape index (κ3) is 1.87. The SMILES string of the molecule is O=Cc1ccc(N2C(=O)c3ccc(Br)cc3C2=O)cc1. The summed E-state index contributed by atoms with van der Waals surface area (Å²) in [4.78, 5) is 36.4. The topological polar surface area (TPSA) is 54.5 Å². The first kappa shape index (κ1) is 12.7. The van der Waals surface area contributed by atoms with Crippen molar-refractivity contribution in [1.82, 2.24) is 0 Å². The Hall–Kier alpha value is -2.27. The van der Waals surface area contributed by atoms with E-state index in [2.05, 4.69) is 15.9 Å². The van der Waals surface area contributed by atoms with Gasteiger partial charge in [0.15, 0.2) is 0 Å². The number of hydrogen-bond acceptors (Lipinski definition) is 3. The van der Waals surface area contributed by atoms with Crippen molar-refractivity contribution in [2.45, 2.75) is 0 Å². The van der Waals surface area contributed by atoms with Gasteiger partial charge in [0.2, 0.25) is 0 Å². The molecule has 0 bridgehead atoms. The van der Waals surface area contributed by atoms with Gasteiger partial charge in [-0.3, -0.25) is 14.4 Å². The van der Waals surface area contributed by atoms with Crippen LogP contribution in [0.1, 0.15) is 31.1 Å². The highest BCUT2D eigenvalue weighted by Gasteiger charge is 2.36. The van der Waals surface area contributed by atoms with Crippen LogP contribution in [0.4, 0.5) is 5.69 Å². The predicted octanol–water partition coefficient (Wildman–Crippen LogP) is 3.06. The third-order valence-electron chi connectivity index (χ3n) is 3.14. The van der Waals surface area contributed by atoms with Gasteiger partial charge in [-0.1, -0.05) is 15.9 Å². The molecule has 0 aromatic heterocycles. The third-order valence-corrected chi connectivity index (χ3v) is 3.63. The zero-order valence-electron chi connectivity index (χ0n) is 10.2. The van der Waals surface area contributed by atoms with Crippen molar-refractivity contribution in [3.05, 3.63) is 63.6 Å². The number of aldehydes is 1. The highest BCUT2D eigenvalue weighted by molar-refractivity contribution is 9.10. The minimum absolute atomic E-state index is 0.351. The number of amides is 2. The second-order valence-electron chi connectivity index (χ2n) is 4.35. The van der Waals surface area contributed by atoms with Gasteiger partial charge in [-0.2, -0.15) is 0 Å². The predicted molar refractivity (Wildman–Crippen MR) is 77.1 cm³/mol. The van der Waals surface area contributed by atoms with Crippen molar-refractivity contribution in [1.29, 1.82) is 0 Å². The summed E-state index contributed by atoms with van der Waals surface area (Å²) < 4.78 is 0.746. The molecule has 0 atom stereocenters. The lowest BCUT2D eigenvalue weighted by atomic mass is 10.1. The van der Waals surface area contributed by atoms with Crippen molar-refractivity contribution in [3.63, 3.8) is 0 Å². The van der Waals surface area contributed by atoms with E-state index in [9.17, 15) is 14.4 Å². The van der Waals surface area contributed by atoms with Crippen LogP contribution in [0.3, 0.4) is 0 Å². The fourth-order valence-electron chi connectivity index (χ4n) is 2.15. The van der Waals surface area contributed by atoms with E-state index in [0.717, 1.165) is 9.37 Å². The van der Waals surface area contributed by atoms with Crippen LogP contribution in [0.15, 0.2) is 46.9 Å². The zero-order valence-corrected chi connectivity index (χ0v) is 11.8. The van der Waals surface area contributed by atoms with E-state index in [1.807, 2.05) is 0 Å². The Morgan fingerprint density at radius 2 is 1.55 bits per heavy atom. The standard InChI is InChI=1S/C15H8BrNO3/c16-10-3-6-12-13(7-10)15(20)17(14(12)19)11-4-1-9(8-18)2-5-11/h1-8H. The molecule has 2 amide bonds. The van der Waals surface area contributed by atoms with Crippen molar-refractivity contribution in [2.75, 3.05) is 4.90 Å². The Labute approximate surface area is 123 Å². The van der Waals surface area contributed by atoms with Gasteiger partial charge in [0.05, 0.1) is 16.8 Å². The molecule has 2 aromatic rings. The van der Waals surface area contributed by atoms with E-state index in [4.69, 9.17) is 0 Å². The molecule has 3 rings (SSSR count). The molecule has 2 aromatic carbocycles. The van der Waals surface area contributed by atoms with E-state index in [1.54, 1.807) is 42.5 Å². The summed E-state index contributed by atoms with van der Waals surface area (Å²) in [5, 5.41) is 0. The number of anilines is 1. The molecular weight excluding hydrogens is 322 g/mol. The molecule has 0 saturated carbocycles. The van der Waals surface area contributed by atoms with E-state index < -0.39 is 0 Å². The Morgan fingerprint density at radius 1 is 0.900 bits per heavy atom. The molecule has 1 aliphatic rings. The van der Waals surface area contributed by atoms with Crippen LogP contribution in [0.5, 0.6) is 0 Å². The van der Waals surface area contributed by atoms with Gasteiger partial charge in [-0.05, 0) is 42.5 Å². The van der Waals surface area contributed by atoms with Crippen LogP contribution >= 0.6 is 15.9 Å². The largest absolute Gasteiger partial charge is 0.298 e. The summed E-state index contributed by atoms with van der Waals surface area (Å²) in [7, 11) is 0. The molecule has 5 heteroatoms. The van der Waals surface area contributed by atoms with Crippen molar-refractivity contribution < 1.29 is 14.4 Å². The van der Waals surface area contributed by atoms with E-state index in [0.29, 0.717) is 28.7 Å². The number of carbonyl (C=O) groups is 3. The summed E-state index contributed by atoms with van der Waals surface area (Å²) in [5.74, 6) is -0.707. The maximum atomic E-state index is 12.3. The summed E-state index contributed by atoms with van der Waals surface area (Å²) in [6.07, 6.45) is 0.712. The Bertz CT molecular complexity index is 737. The zero-order chi connectivity index (χ0) is 14.3. The maximum Gasteiger partial charge on any atom is 0.266 e. The summed E-state index contributed by atoms with van der Waals surface area (Å²) in [6.45, 7) is 0. The van der Waals surface area contributed by atoms with Crippen LogP contribution < -0.4 is 4.90 Å². The highest BCUT2D eigenvalue weighted by Crippen LogP contribution is 2.30. The van der Waals surface area contributed by atoms with E-state index in [-0.39, 0.29) is 11.8 Å². The van der Waals surface area contributed by atoms with Crippen LogP contribution in [0, 0.1) is 0 Å². The molecule has 0 spiro atoms.